The van der Waals surface area contributed by atoms with Crippen LogP contribution in [-0.4, -0.2) is 67.9 Å². The van der Waals surface area contributed by atoms with Gasteiger partial charge in [0.2, 0.25) is 21.1 Å². The van der Waals surface area contributed by atoms with Crippen molar-refractivity contribution in [1.29, 1.82) is 0 Å². The minimum atomic E-state index is -3.57. The number of thioether (sulfide) groups is 1. The number of hydrogen-bond acceptors (Lipinski definition) is 9. The first-order valence-corrected chi connectivity index (χ1v) is 13.2. The van der Waals surface area contributed by atoms with Gasteiger partial charge in [0.05, 0.1) is 17.3 Å². The number of ether oxygens (including phenoxy) is 1. The van der Waals surface area contributed by atoms with E-state index in [2.05, 4.69) is 20.8 Å². The van der Waals surface area contributed by atoms with Crippen LogP contribution in [0.2, 0.25) is 0 Å². The molecule has 2 aromatic rings. The third-order valence-electron chi connectivity index (χ3n) is 4.72. The summed E-state index contributed by atoms with van der Waals surface area (Å²) in [5, 5.41) is 14.6. The second-order valence-electron chi connectivity index (χ2n) is 7.07. The SMILES string of the molecule is COCCNc1nnc(SCC(=O)Nc2ccc(C)c(S(=O)(=O)N3CCCCC3)c2)s1. The molecule has 0 aliphatic carbocycles. The molecule has 1 aliphatic heterocycles. The summed E-state index contributed by atoms with van der Waals surface area (Å²) >= 11 is 2.64. The van der Waals surface area contributed by atoms with Gasteiger partial charge in [-0.2, -0.15) is 4.31 Å². The van der Waals surface area contributed by atoms with Crippen molar-refractivity contribution in [1.82, 2.24) is 14.5 Å². The molecule has 0 unspecified atom stereocenters. The number of piperidine rings is 1. The normalized spacial score (nSPS) is 15.0. The number of nitrogens with one attached hydrogen (secondary N) is 2. The van der Waals surface area contributed by atoms with Crippen molar-refractivity contribution in [2.45, 2.75) is 35.4 Å². The zero-order chi connectivity index (χ0) is 22.3. The number of methoxy groups -OCH3 is 1. The fourth-order valence-electron chi connectivity index (χ4n) is 3.12. The highest BCUT2D eigenvalue weighted by Crippen LogP contribution is 2.27. The van der Waals surface area contributed by atoms with Crippen LogP contribution in [0.15, 0.2) is 27.4 Å². The third kappa shape index (κ3) is 6.62. The highest BCUT2D eigenvalue weighted by Gasteiger charge is 2.27. The molecule has 2 heterocycles. The highest BCUT2D eigenvalue weighted by atomic mass is 32.2. The van der Waals surface area contributed by atoms with Gasteiger partial charge in [-0.05, 0) is 37.5 Å². The van der Waals surface area contributed by atoms with Crippen LogP contribution in [0.1, 0.15) is 24.8 Å². The molecule has 3 rings (SSSR count). The Bertz CT molecular complexity index is 990. The van der Waals surface area contributed by atoms with Gasteiger partial charge in [0.1, 0.15) is 0 Å². The molecule has 170 valence electrons. The molecule has 1 amide bonds. The number of aryl methyl sites for hydroxylation is 1. The molecule has 9 nitrogen and oxygen atoms in total. The van der Waals surface area contributed by atoms with Crippen LogP contribution < -0.4 is 10.6 Å². The van der Waals surface area contributed by atoms with Crippen molar-refractivity contribution in [3.63, 3.8) is 0 Å². The lowest BCUT2D eigenvalue weighted by molar-refractivity contribution is -0.113. The number of sulfonamides is 1. The second kappa shape index (κ2) is 11.2. The van der Waals surface area contributed by atoms with Gasteiger partial charge in [-0.25, -0.2) is 8.42 Å². The monoisotopic (exact) mass is 485 g/mol. The Morgan fingerprint density at radius 2 is 2.03 bits per heavy atom. The van der Waals surface area contributed by atoms with Gasteiger partial charge in [-0.1, -0.05) is 35.6 Å². The first kappa shape index (κ1) is 23.9. The molecule has 1 aromatic heterocycles. The summed E-state index contributed by atoms with van der Waals surface area (Å²) in [6.45, 7) is 4.05. The summed E-state index contributed by atoms with van der Waals surface area (Å²) < 4.78 is 33.3. The van der Waals surface area contributed by atoms with Crippen LogP contribution in [0, 0.1) is 6.92 Å². The maximum absolute atomic E-state index is 13.0. The van der Waals surface area contributed by atoms with Crippen LogP contribution in [0.25, 0.3) is 0 Å². The van der Waals surface area contributed by atoms with E-state index in [0.717, 1.165) is 19.3 Å². The number of amides is 1. The smallest absolute Gasteiger partial charge is 0.243 e. The molecule has 0 atom stereocenters. The molecule has 0 radical (unpaired) electrons. The Balaban J connectivity index is 1.58. The summed E-state index contributed by atoms with van der Waals surface area (Å²) in [7, 11) is -1.94. The summed E-state index contributed by atoms with van der Waals surface area (Å²) in [6.07, 6.45) is 2.81. The molecule has 1 saturated heterocycles. The van der Waals surface area contributed by atoms with E-state index in [1.165, 1.54) is 27.4 Å². The van der Waals surface area contributed by atoms with E-state index in [1.54, 1.807) is 32.2 Å². The van der Waals surface area contributed by atoms with Gasteiger partial charge in [0.15, 0.2) is 4.34 Å². The second-order valence-corrected chi connectivity index (χ2v) is 11.2. The average molecular weight is 486 g/mol. The number of rotatable bonds is 10. The van der Waals surface area contributed by atoms with Gasteiger partial charge in [0, 0.05) is 32.4 Å². The summed E-state index contributed by atoms with van der Waals surface area (Å²) in [5.41, 5.74) is 1.13. The predicted molar refractivity (Wildman–Crippen MR) is 123 cm³/mol. The zero-order valence-electron chi connectivity index (χ0n) is 17.6. The van der Waals surface area contributed by atoms with E-state index in [0.29, 0.717) is 47.0 Å². The van der Waals surface area contributed by atoms with E-state index < -0.39 is 10.0 Å². The van der Waals surface area contributed by atoms with Crippen LogP contribution in [-0.2, 0) is 19.6 Å². The number of anilines is 2. The highest BCUT2D eigenvalue weighted by molar-refractivity contribution is 8.01. The van der Waals surface area contributed by atoms with E-state index in [4.69, 9.17) is 4.74 Å². The van der Waals surface area contributed by atoms with Crippen molar-refractivity contribution in [2.75, 3.05) is 49.7 Å². The van der Waals surface area contributed by atoms with E-state index in [1.807, 2.05) is 0 Å². The number of benzene rings is 1. The first-order valence-electron chi connectivity index (χ1n) is 10.00. The van der Waals surface area contributed by atoms with Gasteiger partial charge in [-0.15, -0.1) is 10.2 Å². The fourth-order valence-corrected chi connectivity index (χ4v) is 6.47. The molecule has 1 fully saturated rings. The maximum atomic E-state index is 13.0. The Hall–Kier alpha value is -1.73. The molecular weight excluding hydrogens is 458 g/mol. The van der Waals surface area contributed by atoms with Crippen LogP contribution in [0.3, 0.4) is 0 Å². The predicted octanol–water partition coefficient (Wildman–Crippen LogP) is 2.81. The number of nitrogens with zero attached hydrogens (tertiary/aromatic N) is 3. The van der Waals surface area contributed by atoms with Gasteiger partial charge in [-0.3, -0.25) is 4.79 Å². The molecule has 0 bridgehead atoms. The molecule has 0 saturated carbocycles. The minimum Gasteiger partial charge on any atom is -0.383 e. The van der Waals surface area contributed by atoms with Crippen molar-refractivity contribution in [3.05, 3.63) is 23.8 Å². The van der Waals surface area contributed by atoms with Crippen molar-refractivity contribution >= 4 is 49.8 Å². The van der Waals surface area contributed by atoms with Crippen molar-refractivity contribution in [2.24, 2.45) is 0 Å². The van der Waals surface area contributed by atoms with E-state index in [-0.39, 0.29) is 16.6 Å². The standard InChI is InChI=1S/C19H27N5O4S3/c1-14-6-7-15(12-16(14)31(26,27)24-9-4-3-5-10-24)21-17(25)13-29-19-23-22-18(30-19)20-8-11-28-2/h6-7,12H,3-5,8-11,13H2,1-2H3,(H,20,22)(H,21,25). The van der Waals surface area contributed by atoms with Crippen LogP contribution >= 0.6 is 23.1 Å². The Kier molecular flexibility index (Phi) is 8.67. The molecule has 31 heavy (non-hydrogen) atoms. The Morgan fingerprint density at radius 3 is 2.77 bits per heavy atom. The first-order chi connectivity index (χ1) is 14.9. The number of hydrogen-bond donors (Lipinski definition) is 2. The molecular formula is C19H27N5O4S3. The lowest BCUT2D eigenvalue weighted by Crippen LogP contribution is -2.36. The fraction of sp³-hybridized carbons (Fsp3) is 0.526. The number of aromatic nitrogens is 2. The Morgan fingerprint density at radius 1 is 1.26 bits per heavy atom. The molecule has 1 aliphatic rings. The zero-order valence-corrected chi connectivity index (χ0v) is 20.0. The van der Waals surface area contributed by atoms with Crippen molar-refractivity contribution < 1.29 is 17.9 Å². The lowest BCUT2D eigenvalue weighted by atomic mass is 10.2. The molecule has 2 N–H and O–H groups in total. The minimum absolute atomic E-state index is 0.148. The van der Waals surface area contributed by atoms with Gasteiger partial charge < -0.3 is 15.4 Å². The third-order valence-corrected chi connectivity index (χ3v) is 8.78. The van der Waals surface area contributed by atoms with Crippen LogP contribution in [0.4, 0.5) is 10.8 Å². The largest absolute Gasteiger partial charge is 0.383 e. The van der Waals surface area contributed by atoms with Gasteiger partial charge in [0.25, 0.3) is 0 Å². The average Bonchev–Trinajstić information content (AvgIpc) is 3.22. The quantitative estimate of drug-likeness (QED) is 0.390. The van der Waals surface area contributed by atoms with E-state index in [9.17, 15) is 13.2 Å². The molecule has 1 aromatic carbocycles. The van der Waals surface area contributed by atoms with Crippen molar-refractivity contribution in [3.8, 4) is 0 Å². The summed E-state index contributed by atoms with van der Waals surface area (Å²) in [5.74, 6) is -0.0892. The Labute approximate surface area is 191 Å². The topological polar surface area (TPSA) is 114 Å². The molecule has 12 heteroatoms. The molecule has 0 spiro atoms. The number of carbonyl (C=O) groups excluding carboxylic acids is 1. The van der Waals surface area contributed by atoms with Crippen LogP contribution in [0.5, 0.6) is 0 Å². The van der Waals surface area contributed by atoms with Gasteiger partial charge >= 0.3 is 0 Å². The summed E-state index contributed by atoms with van der Waals surface area (Å²) in [4.78, 5) is 12.6. The number of carbonyl (C=O) groups is 1. The lowest BCUT2D eigenvalue weighted by Gasteiger charge is -2.26. The van der Waals surface area contributed by atoms with E-state index >= 15 is 0 Å². The maximum Gasteiger partial charge on any atom is 0.243 e. The summed E-state index contributed by atoms with van der Waals surface area (Å²) in [6, 6.07) is 4.99.